The first kappa shape index (κ1) is 25.8. The van der Waals surface area contributed by atoms with E-state index < -0.39 is 5.97 Å². The van der Waals surface area contributed by atoms with Gasteiger partial charge in [-0.2, -0.15) is 14.6 Å². The number of halogens is 1. The van der Waals surface area contributed by atoms with Gasteiger partial charge in [0.2, 0.25) is 4.96 Å². The summed E-state index contributed by atoms with van der Waals surface area (Å²) in [7, 11) is 0. The molecule has 0 aliphatic heterocycles. The minimum Gasteiger partial charge on any atom is -0.426 e. The summed E-state index contributed by atoms with van der Waals surface area (Å²) < 4.78 is 9.01. The predicted molar refractivity (Wildman–Crippen MR) is 164 cm³/mol. The van der Waals surface area contributed by atoms with E-state index in [1.807, 2.05) is 91.1 Å². The average molecular weight is 590 g/mol. The van der Waals surface area contributed by atoms with Crippen LogP contribution in [0.25, 0.3) is 50.1 Å². The minimum atomic E-state index is -0.457. The van der Waals surface area contributed by atoms with Gasteiger partial charge in [0.05, 0.1) is 15.8 Å². The van der Waals surface area contributed by atoms with Crippen molar-refractivity contribution >= 4 is 50.7 Å². The number of thiazole rings is 1. The van der Waals surface area contributed by atoms with Crippen LogP contribution < -0.4 is 14.8 Å². The minimum absolute atomic E-state index is 0.297. The molecule has 0 atom stereocenters. The van der Waals surface area contributed by atoms with Crippen LogP contribution in [0.2, 0.25) is 5.02 Å². The number of carbonyl (C=O) groups is 1. The number of hydrogen-bond donors (Lipinski definition) is 0. The third-order valence-corrected chi connectivity index (χ3v) is 7.90. The van der Waals surface area contributed by atoms with Crippen LogP contribution in [0, 0.1) is 0 Å². The average Bonchev–Trinajstić information content (AvgIpc) is 3.68. The maximum atomic E-state index is 13.5. The molecular formula is C32H20ClN5O3S. The van der Waals surface area contributed by atoms with Crippen molar-refractivity contribution in [3.8, 4) is 34.1 Å². The molecule has 7 rings (SSSR count). The van der Waals surface area contributed by atoms with Crippen molar-refractivity contribution in [3.05, 3.63) is 123 Å². The van der Waals surface area contributed by atoms with E-state index in [1.54, 1.807) is 16.8 Å². The van der Waals surface area contributed by atoms with Gasteiger partial charge >= 0.3 is 5.97 Å². The second kappa shape index (κ2) is 10.4. The Morgan fingerprint density at radius 3 is 2.36 bits per heavy atom. The molecule has 0 N–H and O–H groups in total. The molecule has 42 heavy (non-hydrogen) atoms. The zero-order valence-electron chi connectivity index (χ0n) is 22.1. The Kier molecular flexibility index (Phi) is 6.38. The summed E-state index contributed by atoms with van der Waals surface area (Å²) in [6.45, 7) is 1.34. The van der Waals surface area contributed by atoms with E-state index in [-0.39, 0.29) is 5.56 Å². The highest BCUT2D eigenvalue weighted by Crippen LogP contribution is 2.33. The molecule has 0 fully saturated rings. The van der Waals surface area contributed by atoms with Gasteiger partial charge in [0.25, 0.3) is 5.56 Å². The van der Waals surface area contributed by atoms with Crippen LogP contribution in [0.1, 0.15) is 12.5 Å². The van der Waals surface area contributed by atoms with Gasteiger partial charge in [0.1, 0.15) is 11.4 Å². The summed E-state index contributed by atoms with van der Waals surface area (Å²) in [6, 6.07) is 28.5. The Morgan fingerprint density at radius 1 is 0.929 bits per heavy atom. The number of benzene rings is 4. The molecule has 4 aromatic carbocycles. The Hall–Kier alpha value is -5.12. The number of nitrogens with zero attached hydrogens (tertiary/aromatic N) is 5. The molecule has 10 heteroatoms. The van der Waals surface area contributed by atoms with Crippen molar-refractivity contribution in [3.63, 3.8) is 0 Å². The summed E-state index contributed by atoms with van der Waals surface area (Å²) in [5.41, 5.74) is 3.44. The van der Waals surface area contributed by atoms with Gasteiger partial charge in [-0.3, -0.25) is 9.59 Å². The number of esters is 1. The summed E-state index contributed by atoms with van der Waals surface area (Å²) in [5, 5.41) is 11.8. The highest BCUT2D eigenvalue weighted by atomic mass is 35.5. The van der Waals surface area contributed by atoms with Gasteiger partial charge in [-0.1, -0.05) is 77.5 Å². The molecule has 3 heterocycles. The van der Waals surface area contributed by atoms with Gasteiger partial charge in [-0.05, 0) is 53.2 Å². The van der Waals surface area contributed by atoms with Crippen molar-refractivity contribution in [1.82, 2.24) is 24.4 Å². The number of fused-ring (bicyclic) bond motifs is 2. The fourth-order valence-corrected chi connectivity index (χ4v) is 5.79. The maximum absolute atomic E-state index is 13.5. The Labute approximate surface area is 247 Å². The summed E-state index contributed by atoms with van der Waals surface area (Å²) in [6.07, 6.45) is 3.69. The topological polar surface area (TPSA) is 91.4 Å². The van der Waals surface area contributed by atoms with Crippen LogP contribution in [0.4, 0.5) is 0 Å². The van der Waals surface area contributed by atoms with Gasteiger partial charge in [-0.25, -0.2) is 4.68 Å². The Bertz CT molecular complexity index is 2240. The highest BCUT2D eigenvalue weighted by Gasteiger charge is 2.19. The normalized spacial score (nSPS) is 11.9. The zero-order valence-corrected chi connectivity index (χ0v) is 23.6. The van der Waals surface area contributed by atoms with Gasteiger partial charge < -0.3 is 4.74 Å². The number of carbonyl (C=O) groups excluding carboxylic acids is 1. The molecule has 0 aliphatic rings. The van der Waals surface area contributed by atoms with Crippen molar-refractivity contribution in [2.24, 2.45) is 0 Å². The van der Waals surface area contributed by atoms with E-state index in [1.165, 1.54) is 22.8 Å². The molecule has 204 valence electrons. The smallest absolute Gasteiger partial charge is 0.308 e. The molecule has 0 amide bonds. The van der Waals surface area contributed by atoms with E-state index in [4.69, 9.17) is 21.4 Å². The standard InChI is InChI=1S/C32H20ClN5O3S/c1-19(39)41-27-16-22-8-6-5-7-21(22)15-26(27)30-34-32-38(36-30)31(40)28(42-32)17-23-18-37(25-9-3-2-4-10-25)35-29(23)20-11-13-24(33)14-12-20/h2-18H,1H3/b28-17+. The van der Waals surface area contributed by atoms with Crippen molar-refractivity contribution in [2.45, 2.75) is 6.92 Å². The van der Waals surface area contributed by atoms with Crippen molar-refractivity contribution < 1.29 is 9.53 Å². The van der Waals surface area contributed by atoms with Crippen LogP contribution in [0.15, 0.2) is 102 Å². The van der Waals surface area contributed by atoms with Crippen molar-refractivity contribution in [2.75, 3.05) is 0 Å². The lowest BCUT2D eigenvalue weighted by molar-refractivity contribution is -0.131. The first-order chi connectivity index (χ1) is 20.4. The lowest BCUT2D eigenvalue weighted by atomic mass is 10.1. The first-order valence-electron chi connectivity index (χ1n) is 13.0. The van der Waals surface area contributed by atoms with Crippen LogP contribution in [0.3, 0.4) is 0 Å². The van der Waals surface area contributed by atoms with Gasteiger partial charge in [0.15, 0.2) is 5.82 Å². The SMILES string of the molecule is CC(=O)Oc1cc2ccccc2cc1-c1nc2s/c(=C/c3cn(-c4ccccc4)nc3-c3ccc(Cl)cc3)c(=O)n2n1. The van der Waals surface area contributed by atoms with Crippen LogP contribution >= 0.6 is 22.9 Å². The summed E-state index contributed by atoms with van der Waals surface area (Å²) in [4.78, 5) is 30.4. The first-order valence-corrected chi connectivity index (χ1v) is 14.2. The molecule has 0 aliphatic carbocycles. The molecular weight excluding hydrogens is 570 g/mol. The fraction of sp³-hybridized carbons (Fsp3) is 0.0312. The molecule has 0 saturated heterocycles. The summed E-state index contributed by atoms with van der Waals surface area (Å²) in [5.74, 6) is 0.173. The van der Waals surface area contributed by atoms with Crippen LogP contribution in [0.5, 0.6) is 5.75 Å². The van der Waals surface area contributed by atoms with Gasteiger partial charge in [-0.15, -0.1) is 5.10 Å². The summed E-state index contributed by atoms with van der Waals surface area (Å²) >= 11 is 7.35. The maximum Gasteiger partial charge on any atom is 0.308 e. The quantitative estimate of drug-likeness (QED) is 0.182. The third-order valence-electron chi connectivity index (χ3n) is 6.69. The molecule has 0 radical (unpaired) electrons. The zero-order chi connectivity index (χ0) is 28.8. The number of ether oxygens (including phenoxy) is 1. The lowest BCUT2D eigenvalue weighted by Gasteiger charge is -2.08. The lowest BCUT2D eigenvalue weighted by Crippen LogP contribution is -2.23. The third kappa shape index (κ3) is 4.74. The van der Waals surface area contributed by atoms with Crippen LogP contribution in [-0.2, 0) is 4.79 Å². The van der Waals surface area contributed by atoms with E-state index in [0.29, 0.717) is 37.3 Å². The number of hydrogen-bond acceptors (Lipinski definition) is 7. The molecule has 0 spiro atoms. The molecule has 3 aromatic heterocycles. The van der Waals surface area contributed by atoms with Crippen molar-refractivity contribution in [1.29, 1.82) is 0 Å². The molecule has 0 bridgehead atoms. The fourth-order valence-electron chi connectivity index (χ4n) is 4.76. The van der Waals surface area contributed by atoms with Crippen LogP contribution in [-0.4, -0.2) is 30.3 Å². The van der Waals surface area contributed by atoms with E-state index in [2.05, 4.69) is 10.1 Å². The van der Waals surface area contributed by atoms with E-state index in [9.17, 15) is 9.59 Å². The Balaban J connectivity index is 1.35. The molecule has 0 saturated carbocycles. The number of para-hydroxylation sites is 1. The number of aromatic nitrogens is 5. The monoisotopic (exact) mass is 589 g/mol. The molecule has 0 unspecified atom stereocenters. The Morgan fingerprint density at radius 2 is 1.64 bits per heavy atom. The second-order valence-corrected chi connectivity index (χ2v) is 11.0. The van der Waals surface area contributed by atoms with E-state index in [0.717, 1.165) is 27.6 Å². The second-order valence-electron chi connectivity index (χ2n) is 9.55. The largest absolute Gasteiger partial charge is 0.426 e. The van der Waals surface area contributed by atoms with Gasteiger partial charge in [0, 0.05) is 29.3 Å². The number of rotatable bonds is 5. The molecule has 8 nitrogen and oxygen atoms in total. The molecule has 7 aromatic rings. The highest BCUT2D eigenvalue weighted by molar-refractivity contribution is 7.15. The van der Waals surface area contributed by atoms with E-state index >= 15 is 0 Å². The predicted octanol–water partition coefficient (Wildman–Crippen LogP) is 5.95.